The molecule has 0 heterocycles. The van der Waals surface area contributed by atoms with E-state index in [2.05, 4.69) is 136 Å². The molecule has 0 saturated heterocycles. The van der Waals surface area contributed by atoms with Crippen molar-refractivity contribution in [2.75, 3.05) is 13.2 Å². The van der Waals surface area contributed by atoms with Crippen molar-refractivity contribution in [1.29, 1.82) is 0 Å². The van der Waals surface area contributed by atoms with Gasteiger partial charge in [-0.3, -0.25) is 14.4 Å². The number of allylic oxidation sites excluding steroid dienone is 20. The Morgan fingerprint density at radius 2 is 0.577 bits per heavy atom. The van der Waals surface area contributed by atoms with Crippen LogP contribution < -0.4 is 0 Å². The van der Waals surface area contributed by atoms with Gasteiger partial charge in [0.25, 0.3) is 0 Å². The van der Waals surface area contributed by atoms with Crippen LogP contribution in [0.2, 0.25) is 0 Å². The zero-order valence-corrected chi connectivity index (χ0v) is 45.9. The molecule has 0 aromatic carbocycles. The standard InChI is InChI=1S/C65H106O6/c1-4-7-10-13-16-19-22-25-28-31-32-35-37-40-43-46-49-52-55-58-64(67)70-61-62(71-65(68)59-56-53-50-47-44-41-38-34-30-27-24-21-18-15-12-9-6-3)60-69-63(66)57-54-51-48-45-42-39-36-33-29-26-23-20-17-14-11-8-5-2/h7-8,10-11,16-17,19-20,25-26,28-29,32,35-36,39-40,43,49,52,62H,4-6,9,12-15,18,21-24,27,30-31,33-34,37-38,41-42,44-48,50-51,53-61H2,1-3H3/b10-7-,11-8-,19-16-,20-17-,28-25-,29-26-,35-32-,39-36-,43-40-,52-49-/t62-/m0/s1. The van der Waals surface area contributed by atoms with E-state index >= 15 is 0 Å². The van der Waals surface area contributed by atoms with E-state index in [-0.39, 0.29) is 37.5 Å². The molecule has 0 aliphatic rings. The van der Waals surface area contributed by atoms with Gasteiger partial charge < -0.3 is 14.2 Å². The third-order valence-corrected chi connectivity index (χ3v) is 12.0. The maximum absolute atomic E-state index is 12.9. The first-order valence-corrected chi connectivity index (χ1v) is 29.0. The van der Waals surface area contributed by atoms with Crippen molar-refractivity contribution in [3.63, 3.8) is 0 Å². The van der Waals surface area contributed by atoms with Crippen LogP contribution in [-0.2, 0) is 28.6 Å². The molecule has 0 aromatic heterocycles. The molecule has 1 atom stereocenters. The number of hydrogen-bond acceptors (Lipinski definition) is 6. The average molecular weight is 984 g/mol. The Morgan fingerprint density at radius 1 is 0.296 bits per heavy atom. The van der Waals surface area contributed by atoms with Gasteiger partial charge in [0.05, 0.1) is 0 Å². The van der Waals surface area contributed by atoms with E-state index < -0.39 is 6.10 Å². The molecule has 0 aliphatic heterocycles. The van der Waals surface area contributed by atoms with Gasteiger partial charge in [-0.05, 0) is 96.3 Å². The number of rotatable bonds is 51. The van der Waals surface area contributed by atoms with Gasteiger partial charge >= 0.3 is 17.9 Å². The van der Waals surface area contributed by atoms with E-state index in [1.165, 1.54) is 89.9 Å². The molecule has 402 valence electrons. The second kappa shape index (κ2) is 58.4. The Kier molecular flexibility index (Phi) is 54.9. The molecule has 0 aromatic rings. The first kappa shape index (κ1) is 66.8. The zero-order valence-electron chi connectivity index (χ0n) is 45.9. The van der Waals surface area contributed by atoms with Crippen LogP contribution in [0.1, 0.15) is 252 Å². The fraction of sp³-hybridized carbons (Fsp3) is 0.646. The number of hydrogen-bond donors (Lipinski definition) is 0. The lowest BCUT2D eigenvalue weighted by molar-refractivity contribution is -0.166. The fourth-order valence-electron chi connectivity index (χ4n) is 7.69. The Morgan fingerprint density at radius 3 is 0.944 bits per heavy atom. The van der Waals surface area contributed by atoms with E-state index in [0.29, 0.717) is 19.3 Å². The first-order chi connectivity index (χ1) is 35.0. The second-order valence-corrected chi connectivity index (χ2v) is 18.8. The van der Waals surface area contributed by atoms with Gasteiger partial charge in [0.15, 0.2) is 6.10 Å². The number of unbranched alkanes of at least 4 members (excludes halogenated alkanes) is 20. The van der Waals surface area contributed by atoms with E-state index in [1.807, 2.05) is 6.08 Å². The monoisotopic (exact) mass is 983 g/mol. The number of ether oxygens (including phenoxy) is 3. The van der Waals surface area contributed by atoms with Crippen LogP contribution in [0.4, 0.5) is 0 Å². The number of carbonyl (C=O) groups excluding carboxylic acids is 3. The van der Waals surface area contributed by atoms with Crippen molar-refractivity contribution >= 4 is 17.9 Å². The van der Waals surface area contributed by atoms with Gasteiger partial charge in [-0.25, -0.2) is 0 Å². The van der Waals surface area contributed by atoms with Crippen LogP contribution in [0.5, 0.6) is 0 Å². The summed E-state index contributed by atoms with van der Waals surface area (Å²) >= 11 is 0. The van der Waals surface area contributed by atoms with E-state index in [1.54, 1.807) is 0 Å². The van der Waals surface area contributed by atoms with Crippen LogP contribution in [0.15, 0.2) is 122 Å². The summed E-state index contributed by atoms with van der Waals surface area (Å²) in [6, 6.07) is 0. The SMILES string of the molecule is CC/C=C\C/C=C\C/C=C\C/C=C\C/C=C\C/C=C\CCC(=O)OC[C@H](COC(=O)CCCCCC/C=C\C/C=C\C/C=C\C/C=C\CC)OC(=O)CCCCCCCCCCCCCCCCCCC. The Bertz CT molecular complexity index is 1500. The minimum atomic E-state index is -0.821. The third kappa shape index (κ3) is 56.6. The molecule has 0 amide bonds. The molecule has 0 unspecified atom stereocenters. The molecule has 0 aliphatic carbocycles. The lowest BCUT2D eigenvalue weighted by Crippen LogP contribution is -2.30. The maximum atomic E-state index is 12.9. The highest BCUT2D eigenvalue weighted by Gasteiger charge is 2.19. The highest BCUT2D eigenvalue weighted by molar-refractivity contribution is 5.71. The summed E-state index contributed by atoms with van der Waals surface area (Å²) in [4.78, 5) is 38.2. The Balaban J connectivity index is 4.54. The molecule has 71 heavy (non-hydrogen) atoms. The van der Waals surface area contributed by atoms with Gasteiger partial charge in [0.2, 0.25) is 0 Å². The zero-order chi connectivity index (χ0) is 51.4. The number of esters is 3. The summed E-state index contributed by atoms with van der Waals surface area (Å²) in [5.41, 5.74) is 0. The highest BCUT2D eigenvalue weighted by Crippen LogP contribution is 2.15. The minimum absolute atomic E-state index is 0.115. The first-order valence-electron chi connectivity index (χ1n) is 29.0. The summed E-state index contributed by atoms with van der Waals surface area (Å²) in [7, 11) is 0. The van der Waals surface area contributed by atoms with Gasteiger partial charge in [0.1, 0.15) is 13.2 Å². The van der Waals surface area contributed by atoms with Crippen LogP contribution in [0.25, 0.3) is 0 Å². The van der Waals surface area contributed by atoms with Crippen LogP contribution in [-0.4, -0.2) is 37.2 Å². The van der Waals surface area contributed by atoms with Crippen molar-refractivity contribution in [1.82, 2.24) is 0 Å². The lowest BCUT2D eigenvalue weighted by atomic mass is 10.0. The fourth-order valence-corrected chi connectivity index (χ4v) is 7.69. The second-order valence-electron chi connectivity index (χ2n) is 18.8. The predicted octanol–water partition coefficient (Wildman–Crippen LogP) is 19.6. The van der Waals surface area contributed by atoms with Crippen LogP contribution >= 0.6 is 0 Å². The van der Waals surface area contributed by atoms with Gasteiger partial charge in [-0.2, -0.15) is 0 Å². The van der Waals surface area contributed by atoms with Gasteiger partial charge in [0, 0.05) is 19.3 Å². The molecule has 0 rings (SSSR count). The highest BCUT2D eigenvalue weighted by atomic mass is 16.6. The van der Waals surface area contributed by atoms with Crippen molar-refractivity contribution in [2.24, 2.45) is 0 Å². The molecular weight excluding hydrogens is 877 g/mol. The molecule has 0 saturated carbocycles. The van der Waals surface area contributed by atoms with Crippen molar-refractivity contribution in [3.05, 3.63) is 122 Å². The van der Waals surface area contributed by atoms with Crippen molar-refractivity contribution < 1.29 is 28.6 Å². The molecule has 6 heteroatoms. The summed E-state index contributed by atoms with van der Waals surface area (Å²) in [6.07, 6.45) is 80.6. The Hall–Kier alpha value is -4.19. The van der Waals surface area contributed by atoms with Crippen molar-refractivity contribution in [2.45, 2.75) is 258 Å². The molecule has 6 nitrogen and oxygen atoms in total. The third-order valence-electron chi connectivity index (χ3n) is 12.0. The molecule has 0 spiro atoms. The normalized spacial score (nSPS) is 13.0. The summed E-state index contributed by atoms with van der Waals surface area (Å²) < 4.78 is 16.8. The summed E-state index contributed by atoms with van der Waals surface area (Å²) in [5.74, 6) is -1.02. The number of carbonyl (C=O) groups is 3. The Labute approximate surface area is 437 Å². The molecule has 0 fully saturated rings. The predicted molar refractivity (Wildman–Crippen MR) is 306 cm³/mol. The smallest absolute Gasteiger partial charge is 0.306 e. The van der Waals surface area contributed by atoms with E-state index in [4.69, 9.17) is 14.2 Å². The minimum Gasteiger partial charge on any atom is -0.462 e. The lowest BCUT2D eigenvalue weighted by Gasteiger charge is -2.18. The van der Waals surface area contributed by atoms with Crippen LogP contribution in [0, 0.1) is 0 Å². The van der Waals surface area contributed by atoms with E-state index in [9.17, 15) is 14.4 Å². The van der Waals surface area contributed by atoms with Gasteiger partial charge in [-0.1, -0.05) is 258 Å². The average Bonchev–Trinajstić information content (AvgIpc) is 3.37. The molecule has 0 bridgehead atoms. The molecule has 0 radical (unpaired) electrons. The van der Waals surface area contributed by atoms with Crippen LogP contribution in [0.3, 0.4) is 0 Å². The van der Waals surface area contributed by atoms with Crippen molar-refractivity contribution in [3.8, 4) is 0 Å². The topological polar surface area (TPSA) is 78.9 Å². The molecular formula is C65H106O6. The largest absolute Gasteiger partial charge is 0.462 e. The maximum Gasteiger partial charge on any atom is 0.306 e. The quantitative estimate of drug-likeness (QED) is 0.0261. The van der Waals surface area contributed by atoms with E-state index in [0.717, 1.165) is 116 Å². The van der Waals surface area contributed by atoms with Gasteiger partial charge in [-0.15, -0.1) is 0 Å². The summed E-state index contributed by atoms with van der Waals surface area (Å²) in [5, 5.41) is 0. The summed E-state index contributed by atoms with van der Waals surface area (Å²) in [6.45, 7) is 6.34. The molecule has 0 N–H and O–H groups in total.